The van der Waals surface area contributed by atoms with Gasteiger partial charge in [-0.25, -0.2) is 0 Å². The monoisotopic (exact) mass is 309 g/mol. The lowest BCUT2D eigenvalue weighted by molar-refractivity contribution is 0.100. The van der Waals surface area contributed by atoms with Crippen molar-refractivity contribution in [3.63, 3.8) is 0 Å². The lowest BCUT2D eigenvalue weighted by Gasteiger charge is -1.97. The molecule has 116 valence electrons. The standard InChI is InChI=1S/C9H9N3.C7H6N2O2/c1-3-5-7(4-2)9(12)8(11)6-10;8-6-3-1-5(2-4-6)7(10)9-11/h3-5,11-12H,1-2H2;1-4H,8H2/b7-5+,11-8?,12-9?;. The van der Waals surface area contributed by atoms with Gasteiger partial charge in [-0.3, -0.25) is 15.6 Å². The summed E-state index contributed by atoms with van der Waals surface area (Å²) in [5, 5.41) is 24.9. The summed E-state index contributed by atoms with van der Waals surface area (Å²) in [6.45, 7) is 6.90. The molecule has 4 N–H and O–H groups in total. The largest absolute Gasteiger partial charge is 0.399 e. The van der Waals surface area contributed by atoms with Crippen LogP contribution in [0.25, 0.3) is 0 Å². The number of amides is 1. The molecule has 0 aliphatic carbocycles. The predicted molar refractivity (Wildman–Crippen MR) is 90.5 cm³/mol. The van der Waals surface area contributed by atoms with Crippen LogP contribution in [-0.4, -0.2) is 17.3 Å². The van der Waals surface area contributed by atoms with E-state index in [2.05, 4.69) is 18.3 Å². The minimum atomic E-state index is -0.773. The fourth-order valence-electron chi connectivity index (χ4n) is 1.26. The summed E-state index contributed by atoms with van der Waals surface area (Å²) in [5.41, 5.74) is 6.08. The van der Waals surface area contributed by atoms with Gasteiger partial charge in [-0.15, -0.1) is 4.91 Å². The fourth-order valence-corrected chi connectivity index (χ4v) is 1.26. The zero-order valence-corrected chi connectivity index (χ0v) is 12.2. The van der Waals surface area contributed by atoms with Crippen LogP contribution in [0.4, 0.5) is 5.69 Å². The summed E-state index contributed by atoms with van der Waals surface area (Å²) in [7, 11) is 0. The first-order valence-corrected chi connectivity index (χ1v) is 6.17. The van der Waals surface area contributed by atoms with E-state index in [1.807, 2.05) is 0 Å². The number of carbonyl (C=O) groups excluding carboxylic acids is 1. The topological polar surface area (TPSA) is 144 Å². The van der Waals surface area contributed by atoms with Crippen molar-refractivity contribution in [3.05, 3.63) is 71.7 Å². The molecule has 0 aromatic heterocycles. The van der Waals surface area contributed by atoms with Gasteiger partial charge in [0.25, 0.3) is 0 Å². The van der Waals surface area contributed by atoms with Gasteiger partial charge in [-0.05, 0) is 24.3 Å². The molecule has 1 aromatic carbocycles. The predicted octanol–water partition coefficient (Wildman–Crippen LogP) is 3.02. The van der Waals surface area contributed by atoms with E-state index >= 15 is 0 Å². The van der Waals surface area contributed by atoms with Crippen molar-refractivity contribution >= 4 is 23.0 Å². The Balaban J connectivity index is 0.000000422. The Hall–Kier alpha value is -3.66. The van der Waals surface area contributed by atoms with Crippen molar-refractivity contribution in [1.82, 2.24) is 0 Å². The highest BCUT2D eigenvalue weighted by Gasteiger charge is 2.05. The summed E-state index contributed by atoms with van der Waals surface area (Å²) >= 11 is 0. The van der Waals surface area contributed by atoms with E-state index in [1.165, 1.54) is 30.4 Å². The minimum absolute atomic E-state index is 0.132. The first-order chi connectivity index (χ1) is 10.9. The van der Waals surface area contributed by atoms with E-state index in [0.717, 1.165) is 0 Å². The van der Waals surface area contributed by atoms with Crippen LogP contribution >= 0.6 is 0 Å². The van der Waals surface area contributed by atoms with Crippen molar-refractivity contribution < 1.29 is 4.79 Å². The second kappa shape index (κ2) is 10.1. The fraction of sp³-hybridized carbons (Fsp3) is 0. The zero-order valence-electron chi connectivity index (χ0n) is 12.2. The van der Waals surface area contributed by atoms with Gasteiger partial charge in [0.2, 0.25) is 0 Å². The number of nitrogens with one attached hydrogen (secondary N) is 2. The highest BCUT2D eigenvalue weighted by molar-refractivity contribution is 6.51. The molecule has 0 radical (unpaired) electrons. The minimum Gasteiger partial charge on any atom is -0.399 e. The van der Waals surface area contributed by atoms with E-state index in [-0.39, 0.29) is 17.0 Å². The lowest BCUT2D eigenvalue weighted by atomic mass is 10.1. The second-order valence-electron chi connectivity index (χ2n) is 3.94. The quantitative estimate of drug-likeness (QED) is 0.332. The molecule has 0 spiro atoms. The van der Waals surface area contributed by atoms with Crippen molar-refractivity contribution in [1.29, 1.82) is 16.1 Å². The Morgan fingerprint density at radius 2 is 1.83 bits per heavy atom. The molecule has 0 saturated heterocycles. The van der Waals surface area contributed by atoms with Gasteiger partial charge in [0, 0.05) is 22.0 Å². The molecule has 0 fully saturated rings. The molecule has 0 aliphatic rings. The number of anilines is 1. The first-order valence-electron chi connectivity index (χ1n) is 6.17. The van der Waals surface area contributed by atoms with Gasteiger partial charge < -0.3 is 5.73 Å². The van der Waals surface area contributed by atoms with Crippen LogP contribution in [0, 0.1) is 27.1 Å². The van der Waals surface area contributed by atoms with E-state index in [1.54, 1.807) is 18.2 Å². The molecular weight excluding hydrogens is 294 g/mol. The Bertz CT molecular complexity index is 709. The van der Waals surface area contributed by atoms with Gasteiger partial charge in [0.15, 0.2) is 5.71 Å². The number of nitrogens with zero attached hydrogens (tertiary/aromatic N) is 2. The van der Waals surface area contributed by atoms with Crippen LogP contribution in [0.1, 0.15) is 10.4 Å². The third-order valence-corrected chi connectivity index (χ3v) is 2.41. The van der Waals surface area contributed by atoms with Gasteiger partial charge in [-0.2, -0.15) is 5.26 Å². The molecule has 0 saturated carbocycles. The molecule has 0 heterocycles. The molecule has 0 unspecified atom stereocenters. The average molecular weight is 309 g/mol. The molecule has 1 aromatic rings. The van der Waals surface area contributed by atoms with Crippen LogP contribution in [0.5, 0.6) is 0 Å². The number of benzene rings is 1. The lowest BCUT2D eigenvalue weighted by Crippen LogP contribution is -2.10. The number of hydrogen-bond acceptors (Lipinski definition) is 6. The van der Waals surface area contributed by atoms with Crippen LogP contribution < -0.4 is 5.73 Å². The smallest absolute Gasteiger partial charge is 0.316 e. The van der Waals surface area contributed by atoms with Gasteiger partial charge in [0.1, 0.15) is 6.07 Å². The van der Waals surface area contributed by atoms with Crippen LogP contribution in [0.15, 0.2) is 66.4 Å². The number of hydrogen-bond donors (Lipinski definition) is 3. The van der Waals surface area contributed by atoms with E-state index in [4.69, 9.17) is 21.8 Å². The molecule has 1 amide bonds. The number of rotatable bonds is 5. The highest BCUT2D eigenvalue weighted by atomic mass is 16.3. The van der Waals surface area contributed by atoms with Gasteiger partial charge in [-0.1, -0.05) is 31.4 Å². The summed E-state index contributed by atoms with van der Waals surface area (Å²) in [5.74, 6) is -0.773. The van der Waals surface area contributed by atoms with Gasteiger partial charge >= 0.3 is 5.91 Å². The molecule has 0 bridgehead atoms. The van der Waals surface area contributed by atoms with Gasteiger partial charge in [0.05, 0.1) is 5.71 Å². The molecular formula is C16H15N5O2. The van der Waals surface area contributed by atoms with Crippen LogP contribution in [0.3, 0.4) is 0 Å². The number of nitroso groups, excluding NO2 is 1. The third-order valence-electron chi connectivity index (χ3n) is 2.41. The summed E-state index contributed by atoms with van der Waals surface area (Å²) in [6, 6.07) is 7.57. The number of carbonyl (C=O) groups is 1. The van der Waals surface area contributed by atoms with E-state index < -0.39 is 5.91 Å². The third kappa shape index (κ3) is 6.55. The molecule has 0 aliphatic heterocycles. The Kier molecular flexibility index (Phi) is 8.51. The van der Waals surface area contributed by atoms with Crippen molar-refractivity contribution in [3.8, 4) is 6.07 Å². The Labute approximate surface area is 133 Å². The van der Waals surface area contributed by atoms with E-state index in [0.29, 0.717) is 11.3 Å². The van der Waals surface area contributed by atoms with Crippen LogP contribution in [0.2, 0.25) is 0 Å². The van der Waals surface area contributed by atoms with Crippen LogP contribution in [-0.2, 0) is 0 Å². The first kappa shape index (κ1) is 19.3. The van der Waals surface area contributed by atoms with Crippen molar-refractivity contribution in [2.24, 2.45) is 5.18 Å². The molecule has 7 nitrogen and oxygen atoms in total. The summed E-state index contributed by atoms with van der Waals surface area (Å²) in [6.07, 6.45) is 4.42. The average Bonchev–Trinajstić information content (AvgIpc) is 2.58. The molecule has 23 heavy (non-hydrogen) atoms. The molecule has 0 atom stereocenters. The number of nitrogen functional groups attached to an aromatic ring is 1. The second-order valence-corrected chi connectivity index (χ2v) is 3.94. The maximum Gasteiger partial charge on any atom is 0.316 e. The Morgan fingerprint density at radius 1 is 1.26 bits per heavy atom. The van der Waals surface area contributed by atoms with Crippen molar-refractivity contribution in [2.75, 3.05) is 5.73 Å². The summed E-state index contributed by atoms with van der Waals surface area (Å²) in [4.78, 5) is 20.4. The number of nitrogens with two attached hydrogens (primary N) is 1. The number of allylic oxidation sites excluding steroid dienone is 4. The normalized spacial score (nSPS) is 9.43. The molecule has 1 rings (SSSR count). The van der Waals surface area contributed by atoms with Crippen molar-refractivity contribution in [2.45, 2.75) is 0 Å². The molecule has 7 heteroatoms. The zero-order chi connectivity index (χ0) is 17.8. The highest BCUT2D eigenvalue weighted by Crippen LogP contribution is 2.06. The maximum absolute atomic E-state index is 10.6. The SMILES string of the molecule is C=C/C=C(\C=C)C(=N)C(=N)C#N.Nc1ccc(C(=O)N=O)cc1. The number of nitriles is 1. The maximum atomic E-state index is 10.6. The Morgan fingerprint density at radius 3 is 2.22 bits per heavy atom. The summed E-state index contributed by atoms with van der Waals surface area (Å²) < 4.78 is 0. The van der Waals surface area contributed by atoms with E-state index in [9.17, 15) is 9.70 Å².